The molecular weight excluding hydrogens is 313 g/mol. The quantitative estimate of drug-likeness (QED) is 0.863. The molecule has 0 N–H and O–H groups in total. The van der Waals surface area contributed by atoms with Gasteiger partial charge in [-0.2, -0.15) is 0 Å². The molecule has 0 saturated carbocycles. The number of halogens is 2. The van der Waals surface area contributed by atoms with E-state index < -0.39 is 0 Å². The molecule has 0 unspecified atom stereocenters. The molecule has 112 valence electrons. The van der Waals surface area contributed by atoms with E-state index >= 15 is 0 Å². The third kappa shape index (κ3) is 3.74. The molecule has 3 rings (SSSR count). The van der Waals surface area contributed by atoms with Crippen molar-refractivity contribution < 1.29 is 9.47 Å². The molecule has 1 aliphatic heterocycles. The van der Waals surface area contributed by atoms with E-state index in [0.29, 0.717) is 17.6 Å². The van der Waals surface area contributed by atoms with Crippen molar-refractivity contribution in [1.29, 1.82) is 0 Å². The summed E-state index contributed by atoms with van der Waals surface area (Å²) in [5.74, 6) is 0.753. The van der Waals surface area contributed by atoms with Crippen LogP contribution in [0.5, 0.6) is 5.75 Å². The summed E-state index contributed by atoms with van der Waals surface area (Å²) in [5.41, 5.74) is 1.37. The lowest BCUT2D eigenvalue weighted by Crippen LogP contribution is -2.38. The Labute approximate surface area is 132 Å². The Balaban J connectivity index is 1.62. The highest BCUT2D eigenvalue weighted by atomic mass is 35.5. The van der Waals surface area contributed by atoms with Crippen LogP contribution in [0.2, 0.25) is 10.3 Å². The minimum absolute atomic E-state index is 0.203. The van der Waals surface area contributed by atoms with Gasteiger partial charge in [0.2, 0.25) is 0 Å². The first-order valence-electron chi connectivity index (χ1n) is 6.78. The highest BCUT2D eigenvalue weighted by Gasteiger charge is 2.10. The van der Waals surface area contributed by atoms with Crippen LogP contribution in [-0.2, 0) is 4.74 Å². The summed E-state index contributed by atoms with van der Waals surface area (Å²) >= 11 is 11.7. The summed E-state index contributed by atoms with van der Waals surface area (Å²) in [6.45, 7) is 5.02. The fraction of sp³-hybridized carbons (Fsp3) is 0.429. The minimum Gasteiger partial charge on any atom is -0.492 e. The maximum absolute atomic E-state index is 5.88. The average molecular weight is 328 g/mol. The van der Waals surface area contributed by atoms with E-state index in [1.165, 1.54) is 0 Å². The van der Waals surface area contributed by atoms with Crippen LogP contribution in [-0.4, -0.2) is 54.3 Å². The second-order valence-electron chi connectivity index (χ2n) is 4.76. The SMILES string of the molecule is Clc1nc2ccc(OCCN3CCOCC3)cc2nc1Cl. The molecule has 0 atom stereocenters. The Kier molecular flexibility index (Phi) is 4.75. The van der Waals surface area contributed by atoms with Gasteiger partial charge in [0, 0.05) is 25.7 Å². The summed E-state index contributed by atoms with van der Waals surface area (Å²) in [6.07, 6.45) is 0. The van der Waals surface area contributed by atoms with Crippen LogP contribution in [0.4, 0.5) is 0 Å². The zero-order valence-corrected chi connectivity index (χ0v) is 12.9. The molecule has 0 amide bonds. The number of fused-ring (bicyclic) bond motifs is 1. The van der Waals surface area contributed by atoms with Gasteiger partial charge in [-0.1, -0.05) is 23.2 Å². The Hall–Kier alpha value is -1.14. The Morgan fingerprint density at radius 2 is 1.81 bits per heavy atom. The van der Waals surface area contributed by atoms with Crippen molar-refractivity contribution in [2.75, 3.05) is 39.5 Å². The van der Waals surface area contributed by atoms with Crippen molar-refractivity contribution >= 4 is 34.2 Å². The van der Waals surface area contributed by atoms with Crippen LogP contribution in [0.1, 0.15) is 0 Å². The number of hydrogen-bond acceptors (Lipinski definition) is 5. The molecule has 1 fully saturated rings. The fourth-order valence-electron chi connectivity index (χ4n) is 2.20. The van der Waals surface area contributed by atoms with Crippen molar-refractivity contribution in [3.05, 3.63) is 28.5 Å². The lowest BCUT2D eigenvalue weighted by Gasteiger charge is -2.26. The molecule has 0 radical (unpaired) electrons. The minimum atomic E-state index is 0.203. The van der Waals surface area contributed by atoms with Crippen LogP contribution >= 0.6 is 23.2 Å². The molecule has 7 heteroatoms. The normalized spacial score (nSPS) is 16.3. The first kappa shape index (κ1) is 14.8. The Morgan fingerprint density at radius 3 is 2.57 bits per heavy atom. The first-order valence-corrected chi connectivity index (χ1v) is 7.54. The summed E-state index contributed by atoms with van der Waals surface area (Å²) < 4.78 is 11.1. The van der Waals surface area contributed by atoms with E-state index in [1.54, 1.807) is 0 Å². The number of rotatable bonds is 4. The predicted octanol–water partition coefficient (Wildman–Crippen LogP) is 2.65. The van der Waals surface area contributed by atoms with Crippen LogP contribution in [0.3, 0.4) is 0 Å². The van der Waals surface area contributed by atoms with Crippen LogP contribution in [0.15, 0.2) is 18.2 Å². The standard InChI is InChI=1S/C14H15Cl2N3O2/c15-13-14(16)18-12-9-10(1-2-11(12)17-13)21-8-5-19-3-6-20-7-4-19/h1-2,9H,3-8H2. The number of nitrogens with zero attached hydrogens (tertiary/aromatic N) is 3. The van der Waals surface area contributed by atoms with Crippen LogP contribution in [0, 0.1) is 0 Å². The summed E-state index contributed by atoms with van der Waals surface area (Å²) in [4.78, 5) is 10.7. The number of hydrogen-bond donors (Lipinski definition) is 0. The zero-order chi connectivity index (χ0) is 14.7. The van der Waals surface area contributed by atoms with Gasteiger partial charge in [0.15, 0.2) is 10.3 Å². The number of benzene rings is 1. The maximum atomic E-state index is 5.88. The van der Waals surface area contributed by atoms with Crippen molar-refractivity contribution in [3.63, 3.8) is 0 Å². The molecular formula is C14H15Cl2N3O2. The summed E-state index contributed by atoms with van der Waals surface area (Å²) in [7, 11) is 0. The molecule has 1 aliphatic rings. The van der Waals surface area contributed by atoms with Crippen molar-refractivity contribution in [1.82, 2.24) is 14.9 Å². The summed E-state index contributed by atoms with van der Waals surface area (Å²) in [5, 5.41) is 0.416. The van der Waals surface area contributed by atoms with E-state index in [1.807, 2.05) is 18.2 Å². The van der Waals surface area contributed by atoms with Crippen molar-refractivity contribution in [2.24, 2.45) is 0 Å². The topological polar surface area (TPSA) is 47.5 Å². The number of aromatic nitrogens is 2. The lowest BCUT2D eigenvalue weighted by molar-refractivity contribution is 0.0322. The average Bonchev–Trinajstić information content (AvgIpc) is 2.50. The number of morpholine rings is 1. The van der Waals surface area contributed by atoms with Gasteiger partial charge in [0.25, 0.3) is 0 Å². The molecule has 5 nitrogen and oxygen atoms in total. The number of ether oxygens (including phenoxy) is 2. The Morgan fingerprint density at radius 1 is 1.10 bits per heavy atom. The molecule has 2 heterocycles. The fourth-order valence-corrected chi connectivity index (χ4v) is 2.46. The van der Waals surface area contributed by atoms with Gasteiger partial charge < -0.3 is 9.47 Å². The molecule has 0 spiro atoms. The van der Waals surface area contributed by atoms with E-state index in [0.717, 1.165) is 38.6 Å². The predicted molar refractivity (Wildman–Crippen MR) is 82.3 cm³/mol. The van der Waals surface area contributed by atoms with Gasteiger partial charge in [-0.3, -0.25) is 4.90 Å². The molecule has 1 saturated heterocycles. The summed E-state index contributed by atoms with van der Waals surface area (Å²) in [6, 6.07) is 5.51. The van der Waals surface area contributed by atoms with Gasteiger partial charge >= 0.3 is 0 Å². The van der Waals surface area contributed by atoms with Crippen molar-refractivity contribution in [3.8, 4) is 5.75 Å². The van der Waals surface area contributed by atoms with E-state index in [2.05, 4.69) is 14.9 Å². The monoisotopic (exact) mass is 327 g/mol. The van der Waals surface area contributed by atoms with Crippen LogP contribution < -0.4 is 4.74 Å². The van der Waals surface area contributed by atoms with Gasteiger partial charge in [0.1, 0.15) is 12.4 Å². The first-order chi connectivity index (χ1) is 10.2. The van der Waals surface area contributed by atoms with E-state index in [4.69, 9.17) is 32.7 Å². The molecule has 0 bridgehead atoms. The van der Waals surface area contributed by atoms with Gasteiger partial charge in [-0.25, -0.2) is 9.97 Å². The van der Waals surface area contributed by atoms with E-state index in [9.17, 15) is 0 Å². The largest absolute Gasteiger partial charge is 0.492 e. The molecule has 1 aromatic heterocycles. The maximum Gasteiger partial charge on any atom is 0.167 e. The highest BCUT2D eigenvalue weighted by Crippen LogP contribution is 2.24. The molecule has 0 aliphatic carbocycles. The van der Waals surface area contributed by atoms with Gasteiger partial charge in [-0.05, 0) is 12.1 Å². The third-order valence-electron chi connectivity index (χ3n) is 3.33. The third-order valence-corrected chi connectivity index (χ3v) is 3.96. The molecule has 1 aromatic carbocycles. The second kappa shape index (κ2) is 6.75. The van der Waals surface area contributed by atoms with Gasteiger partial charge in [0.05, 0.1) is 24.2 Å². The van der Waals surface area contributed by atoms with Gasteiger partial charge in [-0.15, -0.1) is 0 Å². The van der Waals surface area contributed by atoms with Crippen molar-refractivity contribution in [2.45, 2.75) is 0 Å². The highest BCUT2D eigenvalue weighted by molar-refractivity contribution is 6.40. The smallest absolute Gasteiger partial charge is 0.167 e. The van der Waals surface area contributed by atoms with Crippen LogP contribution in [0.25, 0.3) is 11.0 Å². The Bertz CT molecular complexity index is 633. The molecule has 2 aromatic rings. The lowest BCUT2D eigenvalue weighted by atomic mass is 10.3. The second-order valence-corrected chi connectivity index (χ2v) is 5.47. The molecule has 21 heavy (non-hydrogen) atoms. The van der Waals surface area contributed by atoms with E-state index in [-0.39, 0.29) is 10.3 Å². The zero-order valence-electron chi connectivity index (χ0n) is 11.4.